The van der Waals surface area contributed by atoms with Gasteiger partial charge in [0.05, 0.1) is 0 Å². The third kappa shape index (κ3) is 43.1. The maximum Gasteiger partial charge on any atom is 0.306 e. The summed E-state index contributed by atoms with van der Waals surface area (Å²) in [5.41, 5.74) is 0. The molecule has 0 radical (unpaired) electrons. The number of allylic oxidation sites excluding steroid dienone is 2. The van der Waals surface area contributed by atoms with Gasteiger partial charge in [-0.1, -0.05) is 213 Å². The van der Waals surface area contributed by atoms with Gasteiger partial charge < -0.3 is 14.2 Å². The second-order valence-electron chi connectivity index (χ2n) is 16.4. The van der Waals surface area contributed by atoms with Crippen LogP contribution in [0.15, 0.2) is 12.2 Å². The standard InChI is InChI=1S/C49H92O6/c1-4-7-10-13-15-17-19-21-22-23-24-25-26-28-29-31-33-36-39-42-48(51)54-45-46(44-53-47(50)41-38-35-12-9-6-3)55-49(52)43-40-37-34-32-30-27-20-18-16-14-11-8-5-2/h21-22,46H,4-20,23-45H2,1-3H3/b22-21-. The van der Waals surface area contributed by atoms with Crippen molar-refractivity contribution in [3.63, 3.8) is 0 Å². The Morgan fingerprint density at radius 1 is 0.345 bits per heavy atom. The van der Waals surface area contributed by atoms with E-state index < -0.39 is 6.10 Å². The lowest BCUT2D eigenvalue weighted by molar-refractivity contribution is -0.167. The Kier molecular flexibility index (Phi) is 43.4. The van der Waals surface area contributed by atoms with Crippen LogP contribution in [0.1, 0.15) is 265 Å². The molecule has 0 aromatic carbocycles. The highest BCUT2D eigenvalue weighted by molar-refractivity contribution is 5.71. The Morgan fingerprint density at radius 2 is 0.600 bits per heavy atom. The molecule has 0 N–H and O–H groups in total. The van der Waals surface area contributed by atoms with E-state index in [0.29, 0.717) is 19.3 Å². The zero-order valence-electron chi connectivity index (χ0n) is 37.0. The Balaban J connectivity index is 4.13. The summed E-state index contributed by atoms with van der Waals surface area (Å²) >= 11 is 0. The SMILES string of the molecule is CCCCCCCC/C=C\CCCCCCCCCCCC(=O)OCC(COC(=O)CCCCCCC)OC(=O)CCCCCCCCCCCCCCC. The minimum absolute atomic E-state index is 0.0676. The molecule has 55 heavy (non-hydrogen) atoms. The van der Waals surface area contributed by atoms with E-state index in [-0.39, 0.29) is 31.1 Å². The van der Waals surface area contributed by atoms with Crippen molar-refractivity contribution in [2.45, 2.75) is 271 Å². The van der Waals surface area contributed by atoms with E-state index >= 15 is 0 Å². The van der Waals surface area contributed by atoms with Gasteiger partial charge in [-0.25, -0.2) is 0 Å². The van der Waals surface area contributed by atoms with Crippen LogP contribution in [-0.4, -0.2) is 37.2 Å². The summed E-state index contributed by atoms with van der Waals surface area (Å²) in [6.45, 7) is 6.57. The van der Waals surface area contributed by atoms with Gasteiger partial charge in [0.2, 0.25) is 0 Å². The maximum atomic E-state index is 12.7. The van der Waals surface area contributed by atoms with Crippen molar-refractivity contribution in [3.8, 4) is 0 Å². The first-order chi connectivity index (χ1) is 27.0. The molecule has 0 spiro atoms. The van der Waals surface area contributed by atoms with Crippen molar-refractivity contribution in [1.29, 1.82) is 0 Å². The summed E-state index contributed by atoms with van der Waals surface area (Å²) in [6, 6.07) is 0. The molecule has 0 heterocycles. The smallest absolute Gasteiger partial charge is 0.306 e. The van der Waals surface area contributed by atoms with Gasteiger partial charge in [-0.15, -0.1) is 0 Å². The highest BCUT2D eigenvalue weighted by atomic mass is 16.6. The quantitative estimate of drug-likeness (QED) is 0.0265. The van der Waals surface area contributed by atoms with Gasteiger partial charge in [0.25, 0.3) is 0 Å². The van der Waals surface area contributed by atoms with Gasteiger partial charge in [0, 0.05) is 19.3 Å². The van der Waals surface area contributed by atoms with Crippen LogP contribution in [0.2, 0.25) is 0 Å². The van der Waals surface area contributed by atoms with Gasteiger partial charge in [-0.2, -0.15) is 0 Å². The van der Waals surface area contributed by atoms with Crippen molar-refractivity contribution in [1.82, 2.24) is 0 Å². The second-order valence-corrected chi connectivity index (χ2v) is 16.4. The minimum atomic E-state index is -0.761. The Bertz CT molecular complexity index is 854. The molecule has 0 aliphatic rings. The van der Waals surface area contributed by atoms with E-state index in [9.17, 15) is 14.4 Å². The molecule has 0 aromatic heterocycles. The first kappa shape index (κ1) is 53.1. The maximum absolute atomic E-state index is 12.7. The predicted molar refractivity (Wildman–Crippen MR) is 233 cm³/mol. The van der Waals surface area contributed by atoms with Gasteiger partial charge in [0.15, 0.2) is 6.10 Å². The fourth-order valence-corrected chi connectivity index (χ4v) is 7.08. The molecule has 0 aliphatic carbocycles. The lowest BCUT2D eigenvalue weighted by atomic mass is 10.0. The zero-order chi connectivity index (χ0) is 40.1. The highest BCUT2D eigenvalue weighted by Crippen LogP contribution is 2.15. The molecule has 6 nitrogen and oxygen atoms in total. The molecule has 0 rings (SSSR count). The molecular formula is C49H92O6. The number of hydrogen-bond donors (Lipinski definition) is 0. The van der Waals surface area contributed by atoms with Crippen LogP contribution >= 0.6 is 0 Å². The number of ether oxygens (including phenoxy) is 3. The molecule has 0 aliphatic heterocycles. The van der Waals surface area contributed by atoms with Crippen LogP contribution in [0, 0.1) is 0 Å². The third-order valence-corrected chi connectivity index (χ3v) is 10.8. The first-order valence-electron chi connectivity index (χ1n) is 24.2. The number of unbranched alkanes of at least 4 members (excludes halogenated alkanes) is 31. The topological polar surface area (TPSA) is 78.9 Å². The largest absolute Gasteiger partial charge is 0.462 e. The van der Waals surface area contributed by atoms with Gasteiger partial charge in [-0.3, -0.25) is 14.4 Å². The van der Waals surface area contributed by atoms with E-state index in [1.807, 2.05) is 0 Å². The van der Waals surface area contributed by atoms with Gasteiger partial charge in [-0.05, 0) is 44.9 Å². The van der Waals surface area contributed by atoms with E-state index in [1.54, 1.807) is 0 Å². The zero-order valence-corrected chi connectivity index (χ0v) is 37.0. The van der Waals surface area contributed by atoms with Crippen molar-refractivity contribution in [2.24, 2.45) is 0 Å². The Labute approximate surface area is 341 Å². The van der Waals surface area contributed by atoms with Crippen molar-refractivity contribution in [2.75, 3.05) is 13.2 Å². The lowest BCUT2D eigenvalue weighted by Crippen LogP contribution is -2.30. The predicted octanol–water partition coefficient (Wildman–Crippen LogP) is 15.4. The summed E-state index contributed by atoms with van der Waals surface area (Å²) in [4.78, 5) is 37.5. The average molecular weight is 777 g/mol. The van der Waals surface area contributed by atoms with Crippen molar-refractivity contribution < 1.29 is 28.6 Å². The molecule has 0 saturated carbocycles. The molecule has 6 heteroatoms. The molecule has 0 bridgehead atoms. The molecule has 0 aromatic rings. The number of hydrogen-bond acceptors (Lipinski definition) is 6. The first-order valence-corrected chi connectivity index (χ1v) is 24.2. The number of rotatable bonds is 44. The summed E-state index contributed by atoms with van der Waals surface area (Å²) in [5.74, 6) is -0.872. The summed E-state index contributed by atoms with van der Waals surface area (Å²) in [7, 11) is 0. The number of carbonyl (C=O) groups excluding carboxylic acids is 3. The van der Waals surface area contributed by atoms with Crippen molar-refractivity contribution in [3.05, 3.63) is 12.2 Å². The van der Waals surface area contributed by atoms with Crippen LogP contribution in [-0.2, 0) is 28.6 Å². The summed E-state index contributed by atoms with van der Waals surface area (Å²) in [6.07, 6.45) is 48.0. The number of carbonyl (C=O) groups is 3. The molecular weight excluding hydrogens is 685 g/mol. The van der Waals surface area contributed by atoms with Crippen LogP contribution in [0.25, 0.3) is 0 Å². The highest BCUT2D eigenvalue weighted by Gasteiger charge is 2.19. The fraction of sp³-hybridized carbons (Fsp3) is 0.898. The fourth-order valence-electron chi connectivity index (χ4n) is 7.08. The Morgan fingerprint density at radius 3 is 0.909 bits per heavy atom. The van der Waals surface area contributed by atoms with Crippen LogP contribution in [0.3, 0.4) is 0 Å². The number of esters is 3. The summed E-state index contributed by atoms with van der Waals surface area (Å²) < 4.78 is 16.6. The molecule has 1 unspecified atom stereocenters. The van der Waals surface area contributed by atoms with Gasteiger partial charge >= 0.3 is 17.9 Å². The van der Waals surface area contributed by atoms with E-state index in [4.69, 9.17) is 14.2 Å². The monoisotopic (exact) mass is 777 g/mol. The average Bonchev–Trinajstić information content (AvgIpc) is 3.18. The van der Waals surface area contributed by atoms with Crippen LogP contribution < -0.4 is 0 Å². The van der Waals surface area contributed by atoms with E-state index in [2.05, 4.69) is 32.9 Å². The van der Waals surface area contributed by atoms with E-state index in [1.165, 1.54) is 161 Å². The minimum Gasteiger partial charge on any atom is -0.462 e. The van der Waals surface area contributed by atoms with Gasteiger partial charge in [0.1, 0.15) is 13.2 Å². The third-order valence-electron chi connectivity index (χ3n) is 10.8. The molecule has 324 valence electrons. The second kappa shape index (κ2) is 44.9. The summed E-state index contributed by atoms with van der Waals surface area (Å²) in [5, 5.41) is 0. The van der Waals surface area contributed by atoms with Crippen molar-refractivity contribution >= 4 is 17.9 Å². The lowest BCUT2D eigenvalue weighted by Gasteiger charge is -2.18. The van der Waals surface area contributed by atoms with Crippen LogP contribution in [0.5, 0.6) is 0 Å². The molecule has 0 fully saturated rings. The normalized spacial score (nSPS) is 12.0. The molecule has 0 saturated heterocycles. The molecule has 1 atom stereocenters. The van der Waals surface area contributed by atoms with E-state index in [0.717, 1.165) is 64.2 Å². The Hall–Kier alpha value is -1.85. The van der Waals surface area contributed by atoms with Crippen LogP contribution in [0.4, 0.5) is 0 Å². The molecule has 0 amide bonds.